The summed E-state index contributed by atoms with van der Waals surface area (Å²) in [5.41, 5.74) is 2.72. The summed E-state index contributed by atoms with van der Waals surface area (Å²) < 4.78 is 11.7. The number of carbonyl (C=O) groups is 2. The van der Waals surface area contributed by atoms with Crippen LogP contribution in [0.4, 0.5) is 0 Å². The Morgan fingerprint density at radius 3 is 2.91 bits per heavy atom. The molecule has 2 heterocycles. The molecule has 0 aliphatic heterocycles. The SMILES string of the molecule is COC(=O)CCC(=O)c1cc(-[n+]2c[nH]c3ccccc32)co1. The summed E-state index contributed by atoms with van der Waals surface area (Å²) in [4.78, 5) is 26.2. The molecule has 0 bridgehead atoms. The highest BCUT2D eigenvalue weighted by molar-refractivity contribution is 5.95. The highest BCUT2D eigenvalue weighted by Crippen LogP contribution is 2.14. The lowest BCUT2D eigenvalue weighted by molar-refractivity contribution is -0.567. The summed E-state index contributed by atoms with van der Waals surface area (Å²) in [5.74, 6) is -0.403. The van der Waals surface area contributed by atoms with Crippen molar-refractivity contribution in [1.82, 2.24) is 4.98 Å². The minimum absolute atomic E-state index is 0.0472. The first-order chi connectivity index (χ1) is 10.7. The third kappa shape index (κ3) is 2.63. The van der Waals surface area contributed by atoms with Crippen molar-refractivity contribution in [1.29, 1.82) is 0 Å². The molecule has 0 amide bonds. The van der Waals surface area contributed by atoms with Gasteiger partial charge in [-0.3, -0.25) is 9.59 Å². The summed E-state index contributed by atoms with van der Waals surface area (Å²) in [6.45, 7) is 0. The number of aromatic amines is 1. The lowest BCUT2D eigenvalue weighted by atomic mass is 10.2. The first-order valence-corrected chi connectivity index (χ1v) is 6.86. The molecule has 0 saturated heterocycles. The van der Waals surface area contributed by atoms with Crippen molar-refractivity contribution in [3.63, 3.8) is 0 Å². The minimum atomic E-state index is -0.411. The number of methoxy groups -OCH3 is 1. The fourth-order valence-corrected chi connectivity index (χ4v) is 2.26. The fraction of sp³-hybridized carbons (Fsp3) is 0.188. The number of nitrogens with one attached hydrogen (secondary N) is 1. The number of esters is 1. The van der Waals surface area contributed by atoms with E-state index in [9.17, 15) is 9.59 Å². The van der Waals surface area contributed by atoms with Crippen molar-refractivity contribution in [2.45, 2.75) is 12.8 Å². The van der Waals surface area contributed by atoms with Crippen LogP contribution in [0.3, 0.4) is 0 Å². The second-order valence-corrected chi connectivity index (χ2v) is 4.83. The van der Waals surface area contributed by atoms with Crippen LogP contribution < -0.4 is 4.57 Å². The van der Waals surface area contributed by atoms with Gasteiger partial charge in [0.05, 0.1) is 13.5 Å². The minimum Gasteiger partial charge on any atom is -0.469 e. The van der Waals surface area contributed by atoms with E-state index in [0.29, 0.717) is 0 Å². The second kappa shape index (κ2) is 5.85. The third-order valence-electron chi connectivity index (χ3n) is 3.44. The Morgan fingerprint density at radius 2 is 2.09 bits per heavy atom. The van der Waals surface area contributed by atoms with Gasteiger partial charge in [0.1, 0.15) is 6.26 Å². The molecule has 3 aromatic rings. The number of imidazole rings is 1. The number of aromatic nitrogens is 2. The Balaban J connectivity index is 1.82. The van der Waals surface area contributed by atoms with Crippen molar-refractivity contribution in [3.8, 4) is 5.69 Å². The van der Waals surface area contributed by atoms with Crippen LogP contribution in [0, 0.1) is 0 Å². The predicted octanol–water partition coefficient (Wildman–Crippen LogP) is 2.17. The summed E-state index contributed by atoms with van der Waals surface area (Å²) in [5, 5.41) is 0. The zero-order valence-corrected chi connectivity index (χ0v) is 12.0. The number of para-hydroxylation sites is 2. The van der Waals surface area contributed by atoms with Gasteiger partial charge in [-0.2, -0.15) is 4.57 Å². The van der Waals surface area contributed by atoms with E-state index >= 15 is 0 Å². The monoisotopic (exact) mass is 299 g/mol. The van der Waals surface area contributed by atoms with Crippen LogP contribution in [-0.2, 0) is 9.53 Å². The van der Waals surface area contributed by atoms with E-state index in [1.165, 1.54) is 13.4 Å². The summed E-state index contributed by atoms with van der Waals surface area (Å²) in [7, 11) is 1.30. The quantitative estimate of drug-likeness (QED) is 0.445. The van der Waals surface area contributed by atoms with Crippen LogP contribution in [0.25, 0.3) is 16.7 Å². The molecule has 0 unspecified atom stereocenters. The van der Waals surface area contributed by atoms with Gasteiger partial charge in [0.25, 0.3) is 0 Å². The number of furan rings is 1. The van der Waals surface area contributed by atoms with Crippen molar-refractivity contribution in [3.05, 3.63) is 48.7 Å². The van der Waals surface area contributed by atoms with Crippen LogP contribution in [0.2, 0.25) is 0 Å². The van der Waals surface area contributed by atoms with E-state index in [1.807, 2.05) is 28.8 Å². The lowest BCUT2D eigenvalue weighted by Crippen LogP contribution is -2.27. The van der Waals surface area contributed by atoms with E-state index in [0.717, 1.165) is 16.7 Å². The molecule has 2 aromatic heterocycles. The average molecular weight is 299 g/mol. The average Bonchev–Trinajstić information content (AvgIpc) is 3.18. The van der Waals surface area contributed by atoms with E-state index in [4.69, 9.17) is 4.42 Å². The summed E-state index contributed by atoms with van der Waals surface area (Å²) in [6, 6.07) is 9.49. The first kappa shape index (κ1) is 14.1. The molecule has 6 nitrogen and oxygen atoms in total. The molecule has 1 N–H and O–H groups in total. The van der Waals surface area contributed by atoms with Crippen molar-refractivity contribution >= 4 is 22.8 Å². The maximum atomic E-state index is 12.0. The van der Waals surface area contributed by atoms with E-state index in [-0.39, 0.29) is 24.4 Å². The van der Waals surface area contributed by atoms with E-state index in [1.54, 1.807) is 12.4 Å². The number of ketones is 1. The van der Waals surface area contributed by atoms with Crippen molar-refractivity contribution < 1.29 is 23.3 Å². The van der Waals surface area contributed by atoms with Crippen LogP contribution in [0.1, 0.15) is 23.4 Å². The molecule has 0 saturated carbocycles. The number of nitrogens with zero attached hydrogens (tertiary/aromatic N) is 1. The molecule has 0 atom stereocenters. The number of ether oxygens (including phenoxy) is 1. The molecule has 3 rings (SSSR count). The van der Waals surface area contributed by atoms with Gasteiger partial charge in [-0.25, -0.2) is 4.98 Å². The third-order valence-corrected chi connectivity index (χ3v) is 3.44. The maximum absolute atomic E-state index is 12.0. The first-order valence-electron chi connectivity index (χ1n) is 6.86. The molecule has 0 aliphatic carbocycles. The Labute approximate surface area is 126 Å². The van der Waals surface area contributed by atoms with Crippen molar-refractivity contribution in [2.75, 3.05) is 7.11 Å². The molecular weight excluding hydrogens is 284 g/mol. The molecule has 0 radical (unpaired) electrons. The molecule has 0 spiro atoms. The molecule has 0 fully saturated rings. The smallest absolute Gasteiger partial charge is 0.305 e. The van der Waals surface area contributed by atoms with Gasteiger partial charge in [0.2, 0.25) is 6.33 Å². The summed E-state index contributed by atoms with van der Waals surface area (Å²) in [6.07, 6.45) is 3.44. The van der Waals surface area contributed by atoms with Crippen LogP contribution in [-0.4, -0.2) is 23.8 Å². The maximum Gasteiger partial charge on any atom is 0.305 e. The van der Waals surface area contributed by atoms with Crippen molar-refractivity contribution in [2.24, 2.45) is 0 Å². The normalized spacial score (nSPS) is 10.8. The number of benzene rings is 1. The van der Waals surface area contributed by atoms with Crippen LogP contribution in [0.15, 0.2) is 47.3 Å². The molecule has 112 valence electrons. The topological polar surface area (TPSA) is 76.2 Å². The molecule has 22 heavy (non-hydrogen) atoms. The molecular formula is C16H15N2O4+. The van der Waals surface area contributed by atoms with Crippen LogP contribution in [0.5, 0.6) is 0 Å². The van der Waals surface area contributed by atoms with Gasteiger partial charge in [0, 0.05) is 12.5 Å². The van der Waals surface area contributed by atoms with Gasteiger partial charge in [-0.05, 0) is 12.1 Å². The largest absolute Gasteiger partial charge is 0.469 e. The zero-order chi connectivity index (χ0) is 15.5. The van der Waals surface area contributed by atoms with E-state index < -0.39 is 5.97 Å². The highest BCUT2D eigenvalue weighted by Gasteiger charge is 2.18. The van der Waals surface area contributed by atoms with E-state index in [2.05, 4.69) is 9.72 Å². The van der Waals surface area contributed by atoms with Crippen LogP contribution >= 0.6 is 0 Å². The molecule has 0 aliphatic rings. The van der Waals surface area contributed by atoms with Gasteiger partial charge < -0.3 is 9.15 Å². The number of hydrogen-bond donors (Lipinski definition) is 1. The fourth-order valence-electron chi connectivity index (χ4n) is 2.26. The van der Waals surface area contributed by atoms with Gasteiger partial charge >= 0.3 is 5.97 Å². The molecule has 1 aromatic carbocycles. The number of rotatable bonds is 5. The molecule has 6 heteroatoms. The number of hydrogen-bond acceptors (Lipinski definition) is 4. The standard InChI is InChI=1S/C16H14N2O4/c1-21-16(20)7-6-14(19)15-8-11(9-22-15)18-10-17-12-4-2-3-5-13(12)18/h2-5,8-10H,6-7H2,1H3/p+1. The number of carbonyl (C=O) groups excluding carboxylic acids is 2. The lowest BCUT2D eigenvalue weighted by Gasteiger charge is -1.96. The van der Waals surface area contributed by atoms with Gasteiger partial charge in [-0.15, -0.1) is 0 Å². The Kier molecular flexibility index (Phi) is 3.74. The highest BCUT2D eigenvalue weighted by atomic mass is 16.5. The zero-order valence-electron chi connectivity index (χ0n) is 12.0. The number of fused-ring (bicyclic) bond motifs is 1. The van der Waals surface area contributed by atoms with Gasteiger partial charge in [0.15, 0.2) is 28.3 Å². The predicted molar refractivity (Wildman–Crippen MR) is 77.7 cm³/mol. The number of H-pyrrole nitrogens is 1. The Hall–Kier alpha value is -2.89. The summed E-state index contributed by atoms with van der Waals surface area (Å²) >= 11 is 0. The number of Topliss-reactive ketones (excluding diaryl/α,β-unsaturated/α-hetero) is 1. The Bertz CT molecular complexity index is 831. The Morgan fingerprint density at radius 1 is 1.27 bits per heavy atom. The van der Waals surface area contributed by atoms with Gasteiger partial charge in [-0.1, -0.05) is 12.1 Å². The second-order valence-electron chi connectivity index (χ2n) is 4.83.